The minimum Gasteiger partial charge on any atom is -0.466 e. The van der Waals surface area contributed by atoms with E-state index >= 15 is 0 Å². The first kappa shape index (κ1) is 22.7. The highest BCUT2D eigenvalue weighted by atomic mass is 16.6. The summed E-state index contributed by atoms with van der Waals surface area (Å²) in [6.07, 6.45) is 4.16. The van der Waals surface area contributed by atoms with E-state index in [0.29, 0.717) is 25.9 Å². The monoisotopic (exact) mass is 422 g/mol. The quantitative estimate of drug-likeness (QED) is 0.419. The molecule has 3 fully saturated rings. The largest absolute Gasteiger partial charge is 0.466 e. The molecule has 8 nitrogen and oxygen atoms in total. The van der Waals surface area contributed by atoms with Crippen LogP contribution in [0.25, 0.3) is 0 Å². The van der Waals surface area contributed by atoms with Crippen molar-refractivity contribution in [3.63, 3.8) is 0 Å². The van der Waals surface area contributed by atoms with Crippen molar-refractivity contribution in [2.24, 2.45) is 11.8 Å². The van der Waals surface area contributed by atoms with Gasteiger partial charge in [0.1, 0.15) is 11.6 Å². The van der Waals surface area contributed by atoms with Gasteiger partial charge in [0.2, 0.25) is 11.8 Å². The lowest BCUT2D eigenvalue weighted by atomic mass is 9.70. The number of carbonyl (C=O) groups is 3. The van der Waals surface area contributed by atoms with Crippen LogP contribution < -0.4 is 0 Å². The van der Waals surface area contributed by atoms with Crippen molar-refractivity contribution in [1.82, 2.24) is 9.80 Å². The molecule has 0 aromatic heterocycles. The fourth-order valence-electron chi connectivity index (χ4n) is 5.41. The number of nitrogens with zero attached hydrogens (tertiary/aromatic N) is 2. The summed E-state index contributed by atoms with van der Waals surface area (Å²) >= 11 is 0. The van der Waals surface area contributed by atoms with Gasteiger partial charge in [-0.15, -0.1) is 6.58 Å². The van der Waals surface area contributed by atoms with E-state index in [0.717, 1.165) is 12.8 Å². The van der Waals surface area contributed by atoms with Gasteiger partial charge in [-0.3, -0.25) is 14.4 Å². The molecule has 3 heterocycles. The molecule has 6 atom stereocenters. The lowest BCUT2D eigenvalue weighted by Gasteiger charge is -2.38. The average Bonchev–Trinajstić information content (AvgIpc) is 3.37. The minimum absolute atomic E-state index is 0.204. The normalized spacial score (nSPS) is 32.8. The van der Waals surface area contributed by atoms with Gasteiger partial charge < -0.3 is 24.4 Å². The van der Waals surface area contributed by atoms with Crippen molar-refractivity contribution in [1.29, 1.82) is 0 Å². The molecule has 0 aromatic carbocycles. The zero-order chi connectivity index (χ0) is 22.1. The highest BCUT2D eigenvalue weighted by Gasteiger charge is 2.75. The molecule has 8 heteroatoms. The molecule has 3 aliphatic rings. The molecule has 168 valence electrons. The molecule has 1 spiro atoms. The molecule has 0 saturated carbocycles. The molecular formula is C22H34N2O6. The van der Waals surface area contributed by atoms with Crippen molar-refractivity contribution in [3.05, 3.63) is 12.7 Å². The second-order valence-electron chi connectivity index (χ2n) is 8.51. The number of hydrogen-bond donors (Lipinski definition) is 1. The molecule has 3 saturated heterocycles. The van der Waals surface area contributed by atoms with Crippen LogP contribution in [-0.4, -0.2) is 82.8 Å². The third-order valence-electron chi connectivity index (χ3n) is 6.71. The number of fused-ring (bicyclic) bond motifs is 1. The number of amides is 2. The molecule has 0 radical (unpaired) electrons. The van der Waals surface area contributed by atoms with E-state index < -0.39 is 41.6 Å². The molecule has 1 N–H and O–H groups in total. The Hall–Kier alpha value is -1.93. The highest BCUT2D eigenvalue weighted by molar-refractivity contribution is 5.98. The fourth-order valence-corrected chi connectivity index (χ4v) is 5.41. The maximum absolute atomic E-state index is 13.8. The molecule has 0 aromatic rings. The number of hydrogen-bond acceptors (Lipinski definition) is 6. The lowest BCUT2D eigenvalue weighted by Crippen LogP contribution is -2.58. The lowest BCUT2D eigenvalue weighted by molar-refractivity contribution is -0.156. The highest BCUT2D eigenvalue weighted by Crippen LogP contribution is 2.59. The second-order valence-corrected chi connectivity index (χ2v) is 8.51. The van der Waals surface area contributed by atoms with Crippen LogP contribution in [0.1, 0.15) is 46.5 Å². The van der Waals surface area contributed by atoms with Crippen LogP contribution in [0, 0.1) is 11.8 Å². The van der Waals surface area contributed by atoms with Gasteiger partial charge in [-0.25, -0.2) is 0 Å². The summed E-state index contributed by atoms with van der Waals surface area (Å²) in [4.78, 5) is 43.1. The van der Waals surface area contributed by atoms with Crippen molar-refractivity contribution in [2.75, 3.05) is 26.3 Å². The zero-order valence-electron chi connectivity index (χ0n) is 18.2. The van der Waals surface area contributed by atoms with Gasteiger partial charge in [0.25, 0.3) is 0 Å². The van der Waals surface area contributed by atoms with Crippen molar-refractivity contribution in [2.45, 2.75) is 70.2 Å². The Morgan fingerprint density at radius 2 is 2.20 bits per heavy atom. The Morgan fingerprint density at radius 3 is 2.80 bits per heavy atom. The topological polar surface area (TPSA) is 96.4 Å². The number of aliphatic hydroxyl groups is 1. The van der Waals surface area contributed by atoms with Gasteiger partial charge in [0.15, 0.2) is 0 Å². The van der Waals surface area contributed by atoms with E-state index in [1.54, 1.807) is 24.8 Å². The van der Waals surface area contributed by atoms with Crippen molar-refractivity contribution >= 4 is 17.8 Å². The predicted octanol–water partition coefficient (Wildman–Crippen LogP) is 1.12. The molecule has 0 aliphatic carbocycles. The first-order valence-electron chi connectivity index (χ1n) is 11.0. The number of aliphatic hydroxyl groups excluding tert-OH is 1. The maximum Gasteiger partial charge on any atom is 0.312 e. The van der Waals surface area contributed by atoms with Crippen molar-refractivity contribution in [3.8, 4) is 0 Å². The smallest absolute Gasteiger partial charge is 0.312 e. The summed E-state index contributed by atoms with van der Waals surface area (Å²) in [5.41, 5.74) is -1.05. The van der Waals surface area contributed by atoms with Gasteiger partial charge in [-0.2, -0.15) is 0 Å². The molecule has 0 unspecified atom stereocenters. The van der Waals surface area contributed by atoms with Gasteiger partial charge in [-0.1, -0.05) is 19.4 Å². The van der Waals surface area contributed by atoms with Crippen LogP contribution in [-0.2, 0) is 23.9 Å². The minimum atomic E-state index is -1.05. The number of carbonyl (C=O) groups excluding carboxylic acids is 3. The van der Waals surface area contributed by atoms with E-state index in [9.17, 15) is 19.5 Å². The first-order valence-corrected chi connectivity index (χ1v) is 11.0. The third kappa shape index (κ3) is 3.43. The van der Waals surface area contributed by atoms with Gasteiger partial charge in [0, 0.05) is 13.1 Å². The van der Waals surface area contributed by atoms with Crippen LogP contribution in [0.4, 0.5) is 0 Å². The van der Waals surface area contributed by atoms with Crippen LogP contribution in [0.2, 0.25) is 0 Å². The van der Waals surface area contributed by atoms with Gasteiger partial charge >= 0.3 is 5.97 Å². The molecule has 3 aliphatic heterocycles. The molecule has 3 rings (SSSR count). The van der Waals surface area contributed by atoms with Crippen LogP contribution >= 0.6 is 0 Å². The Balaban J connectivity index is 2.02. The zero-order valence-corrected chi connectivity index (χ0v) is 18.2. The Bertz CT molecular complexity index is 697. The predicted molar refractivity (Wildman–Crippen MR) is 109 cm³/mol. The van der Waals surface area contributed by atoms with E-state index in [4.69, 9.17) is 9.47 Å². The number of rotatable bonds is 10. The first-order chi connectivity index (χ1) is 14.4. The number of ether oxygens (including phenoxy) is 2. The Kier molecular flexibility index (Phi) is 6.87. The van der Waals surface area contributed by atoms with Crippen LogP contribution in [0.5, 0.6) is 0 Å². The standard InChI is InChI=1S/C22H34N2O6/c1-5-8-12-23(11-6-2)20(27)18-22-10-9-15(30-22)16(21(28)29-7-3)17(22)19(26)24(18)14(4)13-25/h6,14-18,25H,2,5,7-13H2,1,3-4H3/t14-,15-,16+,17+,18-,22+/m1/s1. The Morgan fingerprint density at radius 1 is 1.47 bits per heavy atom. The maximum atomic E-state index is 13.8. The van der Waals surface area contributed by atoms with E-state index in [2.05, 4.69) is 13.5 Å². The fraction of sp³-hybridized carbons (Fsp3) is 0.773. The number of unbranched alkanes of at least 4 members (excludes halogenated alkanes) is 1. The van der Waals surface area contributed by atoms with E-state index in [1.165, 1.54) is 4.90 Å². The Labute approximate surface area is 178 Å². The second kappa shape index (κ2) is 9.06. The van der Waals surface area contributed by atoms with Gasteiger partial charge in [-0.05, 0) is 33.1 Å². The molecule has 2 bridgehead atoms. The number of esters is 1. The third-order valence-corrected chi connectivity index (χ3v) is 6.71. The summed E-state index contributed by atoms with van der Waals surface area (Å²) < 4.78 is 11.5. The molecule has 30 heavy (non-hydrogen) atoms. The SMILES string of the molecule is C=CCN(CCCC)C(=O)[C@H]1N([C@H](C)CO)C(=O)[C@@H]2[C@@H](C(=O)OCC)[C@H]3CC[C@]21O3. The van der Waals surface area contributed by atoms with Crippen LogP contribution in [0.3, 0.4) is 0 Å². The van der Waals surface area contributed by atoms with E-state index in [-0.39, 0.29) is 25.0 Å². The van der Waals surface area contributed by atoms with Crippen molar-refractivity contribution < 1.29 is 29.0 Å². The summed E-state index contributed by atoms with van der Waals surface area (Å²) in [7, 11) is 0. The summed E-state index contributed by atoms with van der Waals surface area (Å²) in [5.74, 6) is -2.41. The van der Waals surface area contributed by atoms with Crippen LogP contribution in [0.15, 0.2) is 12.7 Å². The molecule has 2 amide bonds. The van der Waals surface area contributed by atoms with Gasteiger partial charge in [0.05, 0.1) is 37.2 Å². The summed E-state index contributed by atoms with van der Waals surface area (Å²) in [6.45, 7) is 10.1. The summed E-state index contributed by atoms with van der Waals surface area (Å²) in [6, 6.07) is -1.42. The molecular weight excluding hydrogens is 388 g/mol. The number of likely N-dealkylation sites (tertiary alicyclic amines) is 1. The summed E-state index contributed by atoms with van der Waals surface area (Å²) in [5, 5.41) is 9.82. The van der Waals surface area contributed by atoms with E-state index in [1.807, 2.05) is 0 Å². The average molecular weight is 423 g/mol.